The van der Waals surface area contributed by atoms with E-state index in [1.54, 1.807) is 0 Å². The fraction of sp³-hybridized carbons (Fsp3) is 0.800. The Morgan fingerprint density at radius 3 is 2.87 bits per heavy atom. The molecule has 0 aromatic rings. The zero-order chi connectivity index (χ0) is 16.6. The fourth-order valence-corrected chi connectivity index (χ4v) is 3.14. The molecule has 3 aliphatic heterocycles. The lowest BCUT2D eigenvalue weighted by Crippen LogP contribution is -2.50. The van der Waals surface area contributed by atoms with Gasteiger partial charge in [0.2, 0.25) is 0 Å². The molecule has 12 nitrogen and oxygen atoms in total. The Bertz CT molecular complexity index is 592. The number of hydrogen-bond acceptors (Lipinski definition) is 8. The Hall–Kier alpha value is -1.51. The van der Waals surface area contributed by atoms with Crippen LogP contribution >= 0.6 is 0 Å². The molecule has 0 aromatic heterocycles. The SMILES string of the molecule is O=C(NOC1CNOC1)C1CCC2CN1C(=O)N2OS(=O)(=O)O. The van der Waals surface area contributed by atoms with E-state index in [2.05, 4.69) is 15.2 Å². The van der Waals surface area contributed by atoms with Crippen LogP contribution in [0.5, 0.6) is 0 Å². The molecule has 2 bridgehead atoms. The van der Waals surface area contributed by atoms with Crippen LogP contribution in [0.4, 0.5) is 4.79 Å². The lowest BCUT2D eigenvalue weighted by molar-refractivity contribution is -0.143. The maximum absolute atomic E-state index is 12.2. The first kappa shape index (κ1) is 16.4. The summed E-state index contributed by atoms with van der Waals surface area (Å²) in [4.78, 5) is 35.5. The third-order valence-corrected chi connectivity index (χ3v) is 4.16. The minimum Gasteiger partial charge on any atom is -0.309 e. The predicted octanol–water partition coefficient (Wildman–Crippen LogP) is -2.06. The number of amides is 3. The van der Waals surface area contributed by atoms with Crippen molar-refractivity contribution in [3.63, 3.8) is 0 Å². The number of nitrogens with zero attached hydrogens (tertiary/aromatic N) is 2. The van der Waals surface area contributed by atoms with Gasteiger partial charge in [0.25, 0.3) is 5.91 Å². The molecule has 3 rings (SSSR count). The van der Waals surface area contributed by atoms with Crippen molar-refractivity contribution in [2.75, 3.05) is 19.7 Å². The second-order valence-electron chi connectivity index (χ2n) is 5.38. The van der Waals surface area contributed by atoms with E-state index in [0.717, 1.165) is 0 Å². The van der Waals surface area contributed by atoms with E-state index in [9.17, 15) is 18.0 Å². The van der Waals surface area contributed by atoms with Gasteiger partial charge in [-0.2, -0.15) is 19.0 Å². The van der Waals surface area contributed by atoms with Crippen molar-refractivity contribution in [3.8, 4) is 0 Å². The minimum absolute atomic E-state index is 0.126. The van der Waals surface area contributed by atoms with Gasteiger partial charge in [-0.25, -0.2) is 10.3 Å². The zero-order valence-corrected chi connectivity index (χ0v) is 12.7. The van der Waals surface area contributed by atoms with Crippen LogP contribution in [0.15, 0.2) is 0 Å². The van der Waals surface area contributed by atoms with E-state index < -0.39 is 34.4 Å². The molecule has 3 fully saturated rings. The molecular formula is C10H16N4O8S. The summed E-state index contributed by atoms with van der Waals surface area (Å²) in [6.45, 7) is 0.831. The molecule has 0 radical (unpaired) electrons. The summed E-state index contributed by atoms with van der Waals surface area (Å²) in [5, 5.41) is 0.582. The predicted molar refractivity (Wildman–Crippen MR) is 70.4 cm³/mol. The summed E-state index contributed by atoms with van der Waals surface area (Å²) >= 11 is 0. The van der Waals surface area contributed by atoms with E-state index in [0.29, 0.717) is 24.4 Å². The van der Waals surface area contributed by atoms with E-state index in [-0.39, 0.29) is 19.3 Å². The molecule has 3 aliphatic rings. The third kappa shape index (κ3) is 3.54. The number of hydroxylamine groups is 4. The van der Waals surface area contributed by atoms with Crippen molar-refractivity contribution in [2.45, 2.75) is 31.0 Å². The Morgan fingerprint density at radius 2 is 2.22 bits per heavy atom. The van der Waals surface area contributed by atoms with Crippen LogP contribution in [0.3, 0.4) is 0 Å². The van der Waals surface area contributed by atoms with Crippen molar-refractivity contribution in [1.82, 2.24) is 20.9 Å². The average Bonchev–Trinajstić information content (AvgIpc) is 3.08. The van der Waals surface area contributed by atoms with E-state index in [1.165, 1.54) is 4.90 Å². The van der Waals surface area contributed by atoms with E-state index in [4.69, 9.17) is 14.2 Å². The second-order valence-corrected chi connectivity index (χ2v) is 6.38. The monoisotopic (exact) mass is 352 g/mol. The van der Waals surface area contributed by atoms with E-state index >= 15 is 0 Å². The third-order valence-electron chi connectivity index (χ3n) is 3.81. The Morgan fingerprint density at radius 1 is 1.43 bits per heavy atom. The summed E-state index contributed by atoms with van der Waals surface area (Å²) in [6, 6.07) is -2.14. The highest BCUT2D eigenvalue weighted by atomic mass is 32.3. The number of urea groups is 1. The van der Waals surface area contributed by atoms with Gasteiger partial charge in [-0.1, -0.05) is 0 Å². The Labute approximate surface area is 131 Å². The van der Waals surface area contributed by atoms with Gasteiger partial charge in [0.05, 0.1) is 19.2 Å². The average molecular weight is 352 g/mol. The standard InChI is InChI=1S/C10H16N4O8S/c15-9(12-21-7-3-11-20-5-7)8-2-1-6-4-13(8)10(16)14(6)22-23(17,18)19/h6-8,11H,1-5H2,(H,12,15)(H,17,18,19). The summed E-state index contributed by atoms with van der Waals surface area (Å²) in [7, 11) is -4.81. The lowest BCUT2D eigenvalue weighted by atomic mass is 10.0. The molecule has 0 aliphatic carbocycles. The molecule has 3 amide bonds. The maximum atomic E-state index is 12.2. The molecule has 3 heterocycles. The van der Waals surface area contributed by atoms with Gasteiger partial charge in [0.1, 0.15) is 12.1 Å². The van der Waals surface area contributed by atoms with Crippen molar-refractivity contribution < 1.29 is 36.5 Å². The van der Waals surface area contributed by atoms with Crippen molar-refractivity contribution >= 4 is 22.3 Å². The van der Waals surface area contributed by atoms with Gasteiger partial charge in [-0.05, 0) is 12.8 Å². The first-order valence-electron chi connectivity index (χ1n) is 6.92. The quantitative estimate of drug-likeness (QED) is 0.375. The minimum atomic E-state index is -4.81. The molecule has 3 unspecified atom stereocenters. The van der Waals surface area contributed by atoms with Crippen LogP contribution in [0.2, 0.25) is 0 Å². The molecule has 3 atom stereocenters. The first-order valence-corrected chi connectivity index (χ1v) is 8.28. The molecule has 3 saturated heterocycles. The highest BCUT2D eigenvalue weighted by Gasteiger charge is 2.49. The molecule has 0 aromatic carbocycles. The Balaban J connectivity index is 1.60. The van der Waals surface area contributed by atoms with Crippen LogP contribution in [0.25, 0.3) is 0 Å². The summed E-state index contributed by atoms with van der Waals surface area (Å²) in [6.07, 6.45) is 0.337. The van der Waals surface area contributed by atoms with E-state index in [1.807, 2.05) is 0 Å². The molecule has 130 valence electrons. The molecule has 0 saturated carbocycles. The van der Waals surface area contributed by atoms with Gasteiger partial charge in [-0.15, -0.1) is 4.28 Å². The second kappa shape index (κ2) is 6.18. The fourth-order valence-electron chi connectivity index (χ4n) is 2.75. The van der Waals surface area contributed by atoms with Crippen molar-refractivity contribution in [3.05, 3.63) is 0 Å². The smallest absolute Gasteiger partial charge is 0.309 e. The number of hydrogen-bond donors (Lipinski definition) is 3. The van der Waals surface area contributed by atoms with Crippen molar-refractivity contribution in [2.24, 2.45) is 0 Å². The lowest BCUT2D eigenvalue weighted by Gasteiger charge is -2.29. The number of fused-ring (bicyclic) bond motifs is 2. The van der Waals surface area contributed by atoms with Crippen LogP contribution in [0.1, 0.15) is 12.8 Å². The number of nitrogens with one attached hydrogen (secondary N) is 2. The van der Waals surface area contributed by atoms with Gasteiger partial charge in [-0.3, -0.25) is 19.0 Å². The Kier molecular flexibility index (Phi) is 4.39. The number of carbonyl (C=O) groups is 2. The summed E-state index contributed by atoms with van der Waals surface area (Å²) in [5.74, 6) is -0.516. The topological polar surface area (TPSA) is 147 Å². The normalized spacial score (nSPS) is 30.8. The zero-order valence-electron chi connectivity index (χ0n) is 11.9. The molecular weight excluding hydrogens is 336 g/mol. The molecule has 0 spiro atoms. The highest BCUT2D eigenvalue weighted by molar-refractivity contribution is 7.80. The van der Waals surface area contributed by atoms with Crippen molar-refractivity contribution in [1.29, 1.82) is 0 Å². The van der Waals surface area contributed by atoms with Crippen LogP contribution in [-0.2, 0) is 29.2 Å². The van der Waals surface area contributed by atoms with Gasteiger partial charge in [0, 0.05) is 6.54 Å². The molecule has 3 N–H and O–H groups in total. The number of carbonyl (C=O) groups excluding carboxylic acids is 2. The van der Waals surface area contributed by atoms with Gasteiger partial charge in [0.15, 0.2) is 0 Å². The largest absolute Gasteiger partial charge is 0.418 e. The maximum Gasteiger partial charge on any atom is 0.418 e. The molecule has 13 heteroatoms. The first-order chi connectivity index (χ1) is 10.8. The van der Waals surface area contributed by atoms with Gasteiger partial charge < -0.3 is 4.90 Å². The molecule has 23 heavy (non-hydrogen) atoms. The van der Waals surface area contributed by atoms with Crippen LogP contribution in [0, 0.1) is 0 Å². The number of piperidine rings is 1. The highest BCUT2D eigenvalue weighted by Crippen LogP contribution is 2.30. The summed E-state index contributed by atoms with van der Waals surface area (Å²) < 4.78 is 34.6. The van der Waals surface area contributed by atoms with Crippen LogP contribution in [-0.4, -0.2) is 72.8 Å². The number of rotatable bonds is 5. The van der Waals surface area contributed by atoms with Gasteiger partial charge >= 0.3 is 16.4 Å². The van der Waals surface area contributed by atoms with Crippen LogP contribution < -0.4 is 11.0 Å². The summed E-state index contributed by atoms with van der Waals surface area (Å²) in [5.41, 5.74) is 4.87.